The second-order valence-corrected chi connectivity index (χ2v) is 9.38. The molecule has 146 valence electrons. The molecular weight excluding hydrogens is 372 g/mol. The quantitative estimate of drug-likeness (QED) is 0.724. The van der Waals surface area contributed by atoms with Crippen LogP contribution in [0.15, 0.2) is 23.1 Å². The van der Waals surface area contributed by atoms with Crippen molar-refractivity contribution in [3.8, 4) is 0 Å². The van der Waals surface area contributed by atoms with Crippen molar-refractivity contribution in [2.75, 3.05) is 20.1 Å². The molecule has 0 N–H and O–H groups in total. The Kier molecular flexibility index (Phi) is 7.11. The van der Waals surface area contributed by atoms with Crippen molar-refractivity contribution in [3.05, 3.63) is 28.8 Å². The van der Waals surface area contributed by atoms with E-state index in [2.05, 4.69) is 6.92 Å². The number of nitrogens with zero attached hydrogens (tertiary/aromatic N) is 2. The molecule has 5 nitrogen and oxygen atoms in total. The van der Waals surface area contributed by atoms with Gasteiger partial charge in [-0.05, 0) is 49.8 Å². The number of sulfonamides is 1. The molecule has 26 heavy (non-hydrogen) atoms. The van der Waals surface area contributed by atoms with E-state index in [1.54, 1.807) is 31.9 Å². The van der Waals surface area contributed by atoms with Crippen LogP contribution in [-0.4, -0.2) is 49.7 Å². The average molecular weight is 401 g/mol. The van der Waals surface area contributed by atoms with Gasteiger partial charge in [-0.15, -0.1) is 0 Å². The molecular formula is C19H29ClN2O3S. The zero-order chi connectivity index (χ0) is 19.5. The SMILES string of the molecule is CCN(CC)S(=O)(=O)c1cc(C(=O)N(C)C2CCC(C)CC2)ccc1Cl. The van der Waals surface area contributed by atoms with E-state index in [0.29, 0.717) is 24.6 Å². The Labute approximate surface area is 162 Å². The number of benzene rings is 1. The maximum atomic E-state index is 12.9. The number of halogens is 1. The fraction of sp³-hybridized carbons (Fsp3) is 0.632. The molecule has 0 radical (unpaired) electrons. The third-order valence-electron chi connectivity index (χ3n) is 5.35. The highest BCUT2D eigenvalue weighted by Gasteiger charge is 2.28. The van der Waals surface area contributed by atoms with Gasteiger partial charge in [0, 0.05) is 31.7 Å². The Morgan fingerprint density at radius 2 is 1.73 bits per heavy atom. The lowest BCUT2D eigenvalue weighted by Gasteiger charge is -2.33. The van der Waals surface area contributed by atoms with Crippen molar-refractivity contribution in [3.63, 3.8) is 0 Å². The molecule has 1 aliphatic carbocycles. The van der Waals surface area contributed by atoms with Gasteiger partial charge in [-0.2, -0.15) is 4.31 Å². The molecule has 0 bridgehead atoms. The first-order valence-corrected chi connectivity index (χ1v) is 11.1. The van der Waals surface area contributed by atoms with Crippen LogP contribution in [-0.2, 0) is 10.0 Å². The number of amides is 1. The van der Waals surface area contributed by atoms with Crippen molar-refractivity contribution in [1.29, 1.82) is 0 Å². The molecule has 0 aliphatic heterocycles. The van der Waals surface area contributed by atoms with Crippen molar-refractivity contribution in [2.24, 2.45) is 5.92 Å². The van der Waals surface area contributed by atoms with E-state index in [0.717, 1.165) is 25.7 Å². The van der Waals surface area contributed by atoms with Gasteiger partial charge in [0.15, 0.2) is 0 Å². The van der Waals surface area contributed by atoms with Crippen LogP contribution in [0.1, 0.15) is 56.8 Å². The first-order chi connectivity index (χ1) is 12.2. The van der Waals surface area contributed by atoms with Crippen molar-refractivity contribution < 1.29 is 13.2 Å². The summed E-state index contributed by atoms with van der Waals surface area (Å²) >= 11 is 6.16. The number of carbonyl (C=O) groups is 1. The smallest absolute Gasteiger partial charge is 0.253 e. The minimum absolute atomic E-state index is 0.000571. The second-order valence-electron chi connectivity index (χ2n) is 7.06. The predicted octanol–water partition coefficient (Wildman–Crippen LogP) is 4.02. The molecule has 1 amide bonds. The van der Waals surface area contributed by atoms with Crippen LogP contribution in [0.25, 0.3) is 0 Å². The first kappa shape index (κ1) is 21.2. The Bertz CT molecular complexity index is 739. The van der Waals surface area contributed by atoms with Gasteiger partial charge in [0.25, 0.3) is 5.91 Å². The molecule has 0 saturated heterocycles. The van der Waals surface area contributed by atoms with E-state index in [9.17, 15) is 13.2 Å². The molecule has 0 heterocycles. The van der Waals surface area contributed by atoms with E-state index >= 15 is 0 Å². The highest BCUT2D eigenvalue weighted by Crippen LogP contribution is 2.29. The number of hydrogen-bond donors (Lipinski definition) is 0. The lowest BCUT2D eigenvalue weighted by atomic mass is 9.86. The summed E-state index contributed by atoms with van der Waals surface area (Å²) in [6, 6.07) is 4.73. The lowest BCUT2D eigenvalue weighted by molar-refractivity contribution is 0.0679. The summed E-state index contributed by atoms with van der Waals surface area (Å²) in [5.41, 5.74) is 0.362. The molecule has 1 aromatic carbocycles. The fourth-order valence-corrected chi connectivity index (χ4v) is 5.49. The fourth-order valence-electron chi connectivity index (χ4n) is 3.54. The minimum Gasteiger partial charge on any atom is -0.339 e. The van der Waals surface area contributed by atoms with Crippen LogP contribution >= 0.6 is 11.6 Å². The van der Waals surface area contributed by atoms with Gasteiger partial charge >= 0.3 is 0 Å². The molecule has 1 aromatic rings. The van der Waals surface area contributed by atoms with Crippen molar-refractivity contribution in [2.45, 2.75) is 57.4 Å². The maximum Gasteiger partial charge on any atom is 0.253 e. The third kappa shape index (κ3) is 4.41. The molecule has 1 fully saturated rings. The van der Waals surface area contributed by atoms with E-state index in [1.165, 1.54) is 16.4 Å². The van der Waals surface area contributed by atoms with Crippen LogP contribution in [0.5, 0.6) is 0 Å². The number of rotatable bonds is 6. The standard InChI is InChI=1S/C19H29ClN2O3S/c1-5-22(6-2)26(24,25)18-13-15(9-12-17(18)20)19(23)21(4)16-10-7-14(3)8-11-16/h9,12-14,16H,5-8,10-11H2,1-4H3. The predicted molar refractivity (Wildman–Crippen MR) is 105 cm³/mol. The molecule has 7 heteroatoms. The highest BCUT2D eigenvalue weighted by molar-refractivity contribution is 7.89. The Balaban J connectivity index is 2.30. The van der Waals surface area contributed by atoms with E-state index in [-0.39, 0.29) is 21.9 Å². The molecule has 0 spiro atoms. The Morgan fingerprint density at radius 1 is 1.15 bits per heavy atom. The largest absolute Gasteiger partial charge is 0.339 e. The van der Waals surface area contributed by atoms with E-state index < -0.39 is 10.0 Å². The van der Waals surface area contributed by atoms with Gasteiger partial charge in [-0.3, -0.25) is 4.79 Å². The molecule has 0 unspecified atom stereocenters. The third-order valence-corrected chi connectivity index (χ3v) is 7.89. The zero-order valence-corrected chi connectivity index (χ0v) is 17.6. The second kappa shape index (κ2) is 8.72. The average Bonchev–Trinajstić information content (AvgIpc) is 2.62. The van der Waals surface area contributed by atoms with Gasteiger partial charge in [0.1, 0.15) is 4.90 Å². The summed E-state index contributed by atoms with van der Waals surface area (Å²) in [5, 5.41) is 0.141. The van der Waals surface area contributed by atoms with Gasteiger partial charge in [-0.1, -0.05) is 32.4 Å². The normalized spacial score (nSPS) is 21.0. The molecule has 2 rings (SSSR count). The maximum absolute atomic E-state index is 12.9. The molecule has 0 atom stereocenters. The summed E-state index contributed by atoms with van der Waals surface area (Å²) in [7, 11) is -1.91. The summed E-state index contributed by atoms with van der Waals surface area (Å²) < 4.78 is 27.0. The Morgan fingerprint density at radius 3 is 2.27 bits per heavy atom. The van der Waals surface area contributed by atoms with Crippen LogP contribution in [0, 0.1) is 5.92 Å². The summed E-state index contributed by atoms with van der Waals surface area (Å²) in [6.07, 6.45) is 4.21. The molecule has 1 saturated carbocycles. The summed E-state index contributed by atoms with van der Waals surface area (Å²) in [4.78, 5) is 14.7. The molecule has 0 aromatic heterocycles. The molecule has 1 aliphatic rings. The van der Waals surface area contributed by atoms with Crippen LogP contribution < -0.4 is 0 Å². The van der Waals surface area contributed by atoms with Crippen LogP contribution in [0.2, 0.25) is 5.02 Å². The number of carbonyl (C=O) groups excluding carboxylic acids is 1. The van der Waals surface area contributed by atoms with Crippen molar-refractivity contribution in [1.82, 2.24) is 9.21 Å². The zero-order valence-electron chi connectivity index (χ0n) is 16.0. The van der Waals surface area contributed by atoms with Gasteiger partial charge < -0.3 is 4.90 Å². The van der Waals surface area contributed by atoms with E-state index in [4.69, 9.17) is 11.6 Å². The highest BCUT2D eigenvalue weighted by atomic mass is 35.5. The number of hydrogen-bond acceptors (Lipinski definition) is 3. The lowest BCUT2D eigenvalue weighted by Crippen LogP contribution is -2.39. The van der Waals surface area contributed by atoms with Crippen LogP contribution in [0.4, 0.5) is 0 Å². The first-order valence-electron chi connectivity index (χ1n) is 9.29. The minimum atomic E-state index is -3.72. The summed E-state index contributed by atoms with van der Waals surface area (Å²) in [6.45, 7) is 6.51. The van der Waals surface area contributed by atoms with Gasteiger partial charge in [0.2, 0.25) is 10.0 Å². The topological polar surface area (TPSA) is 57.7 Å². The summed E-state index contributed by atoms with van der Waals surface area (Å²) in [5.74, 6) is 0.549. The van der Waals surface area contributed by atoms with Crippen LogP contribution in [0.3, 0.4) is 0 Å². The van der Waals surface area contributed by atoms with E-state index in [1.807, 2.05) is 0 Å². The van der Waals surface area contributed by atoms with Gasteiger partial charge in [0.05, 0.1) is 5.02 Å². The van der Waals surface area contributed by atoms with Crippen molar-refractivity contribution >= 4 is 27.5 Å². The van der Waals surface area contributed by atoms with Gasteiger partial charge in [-0.25, -0.2) is 8.42 Å². The Hall–Kier alpha value is -1.11. The monoisotopic (exact) mass is 400 g/mol.